The number of carbonyl (C=O) groups excluding carboxylic acids is 2. The Hall–Kier alpha value is -3.92. The summed E-state index contributed by atoms with van der Waals surface area (Å²) in [5, 5.41) is 38.4. The van der Waals surface area contributed by atoms with Gasteiger partial charge in [-0.2, -0.15) is 0 Å². The van der Waals surface area contributed by atoms with E-state index in [1.165, 1.54) is 51.5 Å². The fourth-order valence-electron chi connectivity index (χ4n) is 2.89. The van der Waals surface area contributed by atoms with Crippen molar-refractivity contribution in [2.24, 2.45) is 5.41 Å². The molecule has 9 heteroatoms. The summed E-state index contributed by atoms with van der Waals surface area (Å²) in [6.45, 7) is -0.304. The number of hydrogen-bond acceptors (Lipinski definition) is 9. The molecule has 2 rings (SSSR count). The predicted octanol–water partition coefficient (Wildman–Crippen LogP) is 2.83. The zero-order valence-electron chi connectivity index (χ0n) is 20.3. The summed E-state index contributed by atoms with van der Waals surface area (Å²) < 4.78 is 15.6. The molecule has 0 unspecified atom stereocenters. The lowest BCUT2D eigenvalue weighted by Crippen LogP contribution is -2.38. The van der Waals surface area contributed by atoms with Crippen molar-refractivity contribution >= 4 is 23.9 Å². The van der Waals surface area contributed by atoms with Gasteiger partial charge in [-0.25, -0.2) is 0 Å². The molecule has 9 nitrogen and oxygen atoms in total. The minimum absolute atomic E-state index is 0.0722. The molecule has 4 N–H and O–H groups in total. The van der Waals surface area contributed by atoms with Gasteiger partial charge < -0.3 is 34.6 Å². The summed E-state index contributed by atoms with van der Waals surface area (Å²) in [5.74, 6) is -0.422. The maximum atomic E-state index is 12.2. The third-order valence-electron chi connectivity index (χ3n) is 5.23. The van der Waals surface area contributed by atoms with Gasteiger partial charge in [0.1, 0.15) is 16.9 Å². The molecule has 0 amide bonds. The number of carbonyl (C=O) groups is 2. The molecule has 0 aliphatic rings. The summed E-state index contributed by atoms with van der Waals surface area (Å²) in [7, 11) is 3.04. The number of benzene rings is 2. The van der Waals surface area contributed by atoms with Crippen LogP contribution in [0.4, 0.5) is 0 Å². The van der Waals surface area contributed by atoms with E-state index in [2.05, 4.69) is 0 Å². The van der Waals surface area contributed by atoms with Gasteiger partial charge in [-0.05, 0) is 54.5 Å². The van der Waals surface area contributed by atoms with Crippen LogP contribution in [0.3, 0.4) is 0 Å². The van der Waals surface area contributed by atoms with Gasteiger partial charge in [0, 0.05) is 11.6 Å². The van der Waals surface area contributed by atoms with Gasteiger partial charge in [-0.1, -0.05) is 24.3 Å². The molecular formula is C27H30O9. The van der Waals surface area contributed by atoms with Crippen molar-refractivity contribution in [1.82, 2.24) is 0 Å². The van der Waals surface area contributed by atoms with Gasteiger partial charge in [0.2, 0.25) is 0 Å². The molecule has 0 aliphatic carbocycles. The van der Waals surface area contributed by atoms with E-state index in [-0.39, 0.29) is 17.1 Å². The van der Waals surface area contributed by atoms with E-state index in [1.54, 1.807) is 30.3 Å². The fourth-order valence-corrected chi connectivity index (χ4v) is 2.89. The molecule has 0 spiro atoms. The quantitative estimate of drug-likeness (QED) is 0.114. The number of ketones is 1. The number of allylic oxidation sites excluding steroid dienone is 3. The molecule has 0 saturated carbocycles. The van der Waals surface area contributed by atoms with Gasteiger partial charge in [-0.3, -0.25) is 9.59 Å². The third-order valence-corrected chi connectivity index (χ3v) is 5.23. The molecule has 0 bridgehead atoms. The Bertz CT molecular complexity index is 1160. The average molecular weight is 499 g/mol. The average Bonchev–Trinajstić information content (AvgIpc) is 2.90. The highest BCUT2D eigenvalue weighted by Crippen LogP contribution is 2.28. The van der Waals surface area contributed by atoms with E-state index in [9.17, 15) is 30.0 Å². The standard InChI is InChI=1S/C27H30O9/c1-27(16-29,17-30)26(33)36-23-10-6-18(12-20(23)15-28)4-8-21(31)14-22(32)9-5-19-7-11-24(34-2)25(13-19)35-3/h4-14,28-31H,15-17H2,1-3H3/b8-4+,9-5+,21-14?. The molecule has 0 atom stereocenters. The molecule has 0 saturated heterocycles. The second-order valence-corrected chi connectivity index (χ2v) is 8.04. The molecule has 0 radical (unpaired) electrons. The minimum Gasteiger partial charge on any atom is -0.508 e. The van der Waals surface area contributed by atoms with Crippen LogP contribution in [0.25, 0.3) is 12.2 Å². The molecule has 0 aromatic heterocycles. The van der Waals surface area contributed by atoms with Crippen LogP contribution < -0.4 is 14.2 Å². The lowest BCUT2D eigenvalue weighted by atomic mass is 9.93. The van der Waals surface area contributed by atoms with E-state index in [0.717, 1.165) is 6.08 Å². The van der Waals surface area contributed by atoms with Crippen molar-refractivity contribution in [2.45, 2.75) is 13.5 Å². The topological polar surface area (TPSA) is 143 Å². The maximum absolute atomic E-state index is 12.2. The maximum Gasteiger partial charge on any atom is 0.321 e. The first-order valence-corrected chi connectivity index (χ1v) is 10.9. The number of hydrogen-bond donors (Lipinski definition) is 4. The van der Waals surface area contributed by atoms with Crippen LogP contribution >= 0.6 is 0 Å². The summed E-state index contributed by atoms with van der Waals surface area (Å²) in [5.41, 5.74) is 0.0582. The zero-order chi connectivity index (χ0) is 26.7. The highest BCUT2D eigenvalue weighted by Gasteiger charge is 2.34. The van der Waals surface area contributed by atoms with E-state index >= 15 is 0 Å². The number of aliphatic hydroxyl groups is 4. The molecule has 0 aliphatic heterocycles. The van der Waals surface area contributed by atoms with Crippen LogP contribution in [0.2, 0.25) is 0 Å². The van der Waals surface area contributed by atoms with Crippen LogP contribution in [0.1, 0.15) is 23.6 Å². The summed E-state index contributed by atoms with van der Waals surface area (Å²) in [6.07, 6.45) is 6.72. The normalized spacial score (nSPS) is 12.2. The fraction of sp³-hybridized carbons (Fsp3) is 0.259. The summed E-state index contributed by atoms with van der Waals surface area (Å²) in [4.78, 5) is 24.4. The number of esters is 1. The van der Waals surface area contributed by atoms with E-state index in [0.29, 0.717) is 22.6 Å². The third kappa shape index (κ3) is 7.54. The summed E-state index contributed by atoms with van der Waals surface area (Å²) in [6, 6.07) is 9.71. The second kappa shape index (κ2) is 13.2. The second-order valence-electron chi connectivity index (χ2n) is 8.04. The predicted molar refractivity (Wildman–Crippen MR) is 134 cm³/mol. The lowest BCUT2D eigenvalue weighted by molar-refractivity contribution is -0.150. The molecule has 36 heavy (non-hydrogen) atoms. The molecule has 2 aromatic carbocycles. The Morgan fingerprint density at radius 2 is 1.44 bits per heavy atom. The number of ether oxygens (including phenoxy) is 3. The number of rotatable bonds is 12. The van der Waals surface area contributed by atoms with Crippen LogP contribution in [0, 0.1) is 5.41 Å². The minimum atomic E-state index is -1.48. The van der Waals surface area contributed by atoms with Crippen LogP contribution in [0.15, 0.2) is 60.4 Å². The largest absolute Gasteiger partial charge is 0.508 e. The van der Waals surface area contributed by atoms with Crippen molar-refractivity contribution in [1.29, 1.82) is 0 Å². The van der Waals surface area contributed by atoms with Gasteiger partial charge in [0.15, 0.2) is 17.3 Å². The van der Waals surface area contributed by atoms with Crippen molar-refractivity contribution < 1.29 is 44.2 Å². The van der Waals surface area contributed by atoms with E-state index < -0.39 is 37.0 Å². The smallest absolute Gasteiger partial charge is 0.321 e. The van der Waals surface area contributed by atoms with Crippen LogP contribution in [0.5, 0.6) is 17.2 Å². The van der Waals surface area contributed by atoms with Gasteiger partial charge in [0.05, 0.1) is 34.0 Å². The lowest BCUT2D eigenvalue weighted by Gasteiger charge is -2.22. The molecule has 0 fully saturated rings. The monoisotopic (exact) mass is 498 g/mol. The summed E-state index contributed by atoms with van der Waals surface area (Å²) >= 11 is 0. The highest BCUT2D eigenvalue weighted by molar-refractivity contribution is 6.02. The zero-order valence-corrected chi connectivity index (χ0v) is 20.3. The van der Waals surface area contributed by atoms with E-state index in [4.69, 9.17) is 14.2 Å². The molecule has 0 heterocycles. The van der Waals surface area contributed by atoms with Gasteiger partial charge >= 0.3 is 5.97 Å². The molecular weight excluding hydrogens is 468 g/mol. The molecule has 192 valence electrons. The molecule has 2 aromatic rings. The van der Waals surface area contributed by atoms with Crippen molar-refractivity contribution in [3.63, 3.8) is 0 Å². The Morgan fingerprint density at radius 1 is 0.861 bits per heavy atom. The highest BCUT2D eigenvalue weighted by atomic mass is 16.5. The van der Waals surface area contributed by atoms with Gasteiger partial charge in [0.25, 0.3) is 0 Å². The van der Waals surface area contributed by atoms with Crippen molar-refractivity contribution in [3.05, 3.63) is 77.1 Å². The Morgan fingerprint density at radius 3 is 2.03 bits per heavy atom. The Balaban J connectivity index is 2.09. The first kappa shape index (κ1) is 28.3. The van der Waals surface area contributed by atoms with E-state index in [1.807, 2.05) is 0 Å². The number of aliphatic hydroxyl groups excluding tert-OH is 4. The Labute approximate surface area is 209 Å². The first-order chi connectivity index (χ1) is 17.2. The number of methoxy groups -OCH3 is 2. The van der Waals surface area contributed by atoms with Crippen LogP contribution in [-0.4, -0.2) is 59.6 Å². The van der Waals surface area contributed by atoms with Crippen molar-refractivity contribution in [2.75, 3.05) is 27.4 Å². The van der Waals surface area contributed by atoms with Crippen molar-refractivity contribution in [3.8, 4) is 17.2 Å². The van der Waals surface area contributed by atoms with Crippen LogP contribution in [-0.2, 0) is 16.2 Å². The van der Waals surface area contributed by atoms with Gasteiger partial charge in [-0.15, -0.1) is 0 Å². The SMILES string of the molecule is COc1ccc(/C=C/C(=O)C=C(O)/C=C/c2ccc(OC(=O)C(C)(CO)CO)c(CO)c2)cc1OC. The first-order valence-electron chi connectivity index (χ1n) is 10.9. The Kier molecular flexibility index (Phi) is 10.4.